The first-order valence-electron chi connectivity index (χ1n) is 8.13. The van der Waals surface area contributed by atoms with Crippen molar-refractivity contribution in [1.29, 1.82) is 0 Å². The first-order valence-corrected chi connectivity index (χ1v) is 8.13. The Labute approximate surface area is 148 Å². The lowest BCUT2D eigenvalue weighted by Gasteiger charge is -2.28. The molecule has 4 nitrogen and oxygen atoms in total. The van der Waals surface area contributed by atoms with Gasteiger partial charge in [-0.25, -0.2) is 0 Å². The van der Waals surface area contributed by atoms with Gasteiger partial charge < -0.3 is 10.2 Å². The van der Waals surface area contributed by atoms with Gasteiger partial charge in [-0.2, -0.15) is 13.2 Å². The average molecular weight is 362 g/mol. The van der Waals surface area contributed by atoms with Gasteiger partial charge in [0.2, 0.25) is 11.8 Å². The number of nitrogens with one attached hydrogen (secondary N) is 1. The van der Waals surface area contributed by atoms with Gasteiger partial charge in [0.05, 0.1) is 23.4 Å². The highest BCUT2D eigenvalue weighted by Gasteiger charge is 2.32. The zero-order valence-corrected chi connectivity index (χ0v) is 14.0. The van der Waals surface area contributed by atoms with Crippen molar-refractivity contribution in [2.75, 3.05) is 10.2 Å². The third-order valence-corrected chi connectivity index (χ3v) is 4.24. The highest BCUT2D eigenvalue weighted by atomic mass is 19.4. The van der Waals surface area contributed by atoms with Crippen molar-refractivity contribution in [1.82, 2.24) is 0 Å². The van der Waals surface area contributed by atoms with E-state index in [0.717, 1.165) is 12.1 Å². The molecular formula is C19H17F3N2O2. The number of fused-ring (bicyclic) bond motifs is 1. The van der Waals surface area contributed by atoms with Crippen molar-refractivity contribution in [2.45, 2.75) is 32.0 Å². The molecule has 0 fully saturated rings. The van der Waals surface area contributed by atoms with E-state index in [1.54, 1.807) is 31.2 Å². The van der Waals surface area contributed by atoms with Gasteiger partial charge in [-0.05, 0) is 30.7 Å². The summed E-state index contributed by atoms with van der Waals surface area (Å²) in [4.78, 5) is 26.3. The SMILES string of the molecule is CC1CC(=O)Nc2ccccc2N1C(=O)Cc1cccc(C(F)(F)F)c1. The van der Waals surface area contributed by atoms with E-state index in [1.807, 2.05) is 0 Å². The number of amides is 2. The molecule has 0 aromatic heterocycles. The van der Waals surface area contributed by atoms with Crippen LogP contribution in [-0.2, 0) is 22.2 Å². The lowest BCUT2D eigenvalue weighted by molar-refractivity contribution is -0.137. The molecule has 0 aliphatic carbocycles. The van der Waals surface area contributed by atoms with Crippen LogP contribution in [0.25, 0.3) is 0 Å². The Morgan fingerprint density at radius 3 is 2.65 bits per heavy atom. The Hall–Kier alpha value is -2.83. The lowest BCUT2D eigenvalue weighted by atomic mass is 10.1. The monoisotopic (exact) mass is 362 g/mol. The zero-order chi connectivity index (χ0) is 18.9. The van der Waals surface area contributed by atoms with Gasteiger partial charge in [-0.15, -0.1) is 0 Å². The van der Waals surface area contributed by atoms with Crippen molar-refractivity contribution < 1.29 is 22.8 Å². The van der Waals surface area contributed by atoms with Gasteiger partial charge in [0.1, 0.15) is 0 Å². The molecule has 0 radical (unpaired) electrons. The van der Waals surface area contributed by atoms with E-state index < -0.39 is 17.8 Å². The summed E-state index contributed by atoms with van der Waals surface area (Å²) in [7, 11) is 0. The molecule has 2 amide bonds. The van der Waals surface area contributed by atoms with Crippen LogP contribution in [0.3, 0.4) is 0 Å². The summed E-state index contributed by atoms with van der Waals surface area (Å²) in [5.74, 6) is -0.569. The first-order chi connectivity index (χ1) is 12.3. The molecule has 0 bridgehead atoms. The third kappa shape index (κ3) is 3.71. The standard InChI is InChI=1S/C19H17F3N2O2/c1-12-9-17(25)23-15-7-2-3-8-16(15)24(12)18(26)11-13-5-4-6-14(10-13)19(20,21)22/h2-8,10,12H,9,11H2,1H3,(H,23,25). The van der Waals surface area contributed by atoms with Gasteiger partial charge in [0.15, 0.2) is 0 Å². The number of benzene rings is 2. The van der Waals surface area contributed by atoms with Gasteiger partial charge >= 0.3 is 6.18 Å². The van der Waals surface area contributed by atoms with E-state index in [1.165, 1.54) is 17.0 Å². The molecule has 1 heterocycles. The fraction of sp³-hybridized carbons (Fsp3) is 0.263. The van der Waals surface area contributed by atoms with Gasteiger partial charge in [0, 0.05) is 12.5 Å². The largest absolute Gasteiger partial charge is 0.416 e. The minimum Gasteiger partial charge on any atom is -0.324 e. The Morgan fingerprint density at radius 2 is 1.92 bits per heavy atom. The number of carbonyl (C=O) groups is 2. The van der Waals surface area contributed by atoms with E-state index in [-0.39, 0.29) is 30.2 Å². The van der Waals surface area contributed by atoms with Crippen LogP contribution in [-0.4, -0.2) is 17.9 Å². The summed E-state index contributed by atoms with van der Waals surface area (Å²) in [6.07, 6.45) is -4.53. The van der Waals surface area contributed by atoms with E-state index in [0.29, 0.717) is 11.4 Å². The Balaban J connectivity index is 1.91. The fourth-order valence-corrected chi connectivity index (χ4v) is 3.09. The van der Waals surface area contributed by atoms with Crippen LogP contribution in [0.4, 0.5) is 24.5 Å². The summed E-state index contributed by atoms with van der Waals surface area (Å²) in [6, 6.07) is 11.2. The number of hydrogen-bond acceptors (Lipinski definition) is 2. The quantitative estimate of drug-likeness (QED) is 0.878. The summed E-state index contributed by atoms with van der Waals surface area (Å²) in [5, 5.41) is 2.75. The van der Waals surface area contributed by atoms with Crippen LogP contribution in [0.2, 0.25) is 0 Å². The lowest BCUT2D eigenvalue weighted by Crippen LogP contribution is -2.40. The minimum atomic E-state index is -4.46. The molecule has 2 aromatic carbocycles. The van der Waals surface area contributed by atoms with E-state index >= 15 is 0 Å². The van der Waals surface area contributed by atoms with E-state index in [4.69, 9.17) is 0 Å². The number of halogens is 3. The van der Waals surface area contributed by atoms with E-state index in [9.17, 15) is 22.8 Å². The molecule has 2 aromatic rings. The van der Waals surface area contributed by atoms with Crippen molar-refractivity contribution >= 4 is 23.2 Å². The van der Waals surface area contributed by atoms with Crippen LogP contribution in [0.15, 0.2) is 48.5 Å². The summed E-state index contributed by atoms with van der Waals surface area (Å²) >= 11 is 0. The molecule has 136 valence electrons. The number of alkyl halides is 3. The van der Waals surface area contributed by atoms with Crippen molar-refractivity contribution in [3.8, 4) is 0 Å². The first kappa shape index (κ1) is 18.0. The molecule has 0 spiro atoms. The van der Waals surface area contributed by atoms with Crippen LogP contribution in [0, 0.1) is 0 Å². The molecule has 0 saturated heterocycles. The Morgan fingerprint density at radius 1 is 1.19 bits per heavy atom. The molecule has 7 heteroatoms. The predicted octanol–water partition coefficient (Wildman–Crippen LogP) is 4.01. The normalized spacial score (nSPS) is 17.3. The number of nitrogens with zero attached hydrogens (tertiary/aromatic N) is 1. The van der Waals surface area contributed by atoms with Gasteiger partial charge in [-0.3, -0.25) is 9.59 Å². The van der Waals surface area contributed by atoms with Gasteiger partial charge in [-0.1, -0.05) is 30.3 Å². The van der Waals surface area contributed by atoms with Crippen molar-refractivity contribution in [2.24, 2.45) is 0 Å². The molecule has 1 N–H and O–H groups in total. The molecule has 1 unspecified atom stereocenters. The highest BCUT2D eigenvalue weighted by Crippen LogP contribution is 2.33. The zero-order valence-electron chi connectivity index (χ0n) is 14.0. The Kier molecular flexibility index (Phi) is 4.71. The molecule has 3 rings (SSSR count). The third-order valence-electron chi connectivity index (χ3n) is 4.24. The smallest absolute Gasteiger partial charge is 0.324 e. The van der Waals surface area contributed by atoms with Crippen LogP contribution >= 0.6 is 0 Å². The summed E-state index contributed by atoms with van der Waals surface area (Å²) < 4.78 is 38.6. The number of para-hydroxylation sites is 2. The van der Waals surface area contributed by atoms with Gasteiger partial charge in [0.25, 0.3) is 0 Å². The van der Waals surface area contributed by atoms with Crippen LogP contribution in [0.5, 0.6) is 0 Å². The molecular weight excluding hydrogens is 345 g/mol. The molecule has 1 aliphatic heterocycles. The topological polar surface area (TPSA) is 49.4 Å². The number of carbonyl (C=O) groups excluding carboxylic acids is 2. The van der Waals surface area contributed by atoms with E-state index in [2.05, 4.69) is 5.32 Å². The fourth-order valence-electron chi connectivity index (χ4n) is 3.09. The minimum absolute atomic E-state index is 0.114. The molecule has 1 aliphatic rings. The van der Waals surface area contributed by atoms with Crippen molar-refractivity contribution in [3.05, 3.63) is 59.7 Å². The molecule has 26 heavy (non-hydrogen) atoms. The highest BCUT2D eigenvalue weighted by molar-refractivity contribution is 6.04. The second-order valence-corrected chi connectivity index (χ2v) is 6.26. The number of rotatable bonds is 2. The average Bonchev–Trinajstić information content (AvgIpc) is 2.68. The maximum absolute atomic E-state index is 12.9. The second kappa shape index (κ2) is 6.82. The summed E-state index contributed by atoms with van der Waals surface area (Å²) in [5.41, 5.74) is 0.545. The maximum Gasteiger partial charge on any atom is 0.416 e. The number of hydrogen-bond donors (Lipinski definition) is 1. The Bertz CT molecular complexity index is 849. The van der Waals surface area contributed by atoms with Crippen LogP contribution in [0.1, 0.15) is 24.5 Å². The predicted molar refractivity (Wildman–Crippen MR) is 91.8 cm³/mol. The molecule has 1 atom stereocenters. The summed E-state index contributed by atoms with van der Waals surface area (Å²) in [6.45, 7) is 1.74. The second-order valence-electron chi connectivity index (χ2n) is 6.26. The number of anilines is 2. The van der Waals surface area contributed by atoms with Crippen LogP contribution < -0.4 is 10.2 Å². The maximum atomic E-state index is 12.9. The van der Waals surface area contributed by atoms with Crippen molar-refractivity contribution in [3.63, 3.8) is 0 Å². The molecule has 0 saturated carbocycles.